The largest absolute Gasteiger partial charge is 0.512 e. The van der Waals surface area contributed by atoms with Crippen LogP contribution in [-0.2, 0) is 28.8 Å². The number of aliphatic hydroxyl groups excluding tert-OH is 1. The number of esters is 1. The number of cyclic esters (lactones) is 1. The molecule has 1 aliphatic heterocycles. The van der Waals surface area contributed by atoms with Gasteiger partial charge in [-0.15, -0.1) is 5.10 Å². The number of fused-ring (bicyclic) bond motifs is 1. The third-order valence-electron chi connectivity index (χ3n) is 7.84. The maximum absolute atomic E-state index is 13.4. The molecule has 37 heavy (non-hydrogen) atoms. The van der Waals surface area contributed by atoms with Crippen molar-refractivity contribution in [2.24, 2.45) is 5.92 Å². The van der Waals surface area contributed by atoms with Crippen molar-refractivity contribution in [2.75, 3.05) is 7.11 Å². The number of aromatic nitrogens is 4. The van der Waals surface area contributed by atoms with Crippen LogP contribution in [0.25, 0.3) is 5.78 Å². The highest BCUT2D eigenvalue weighted by atomic mass is 16.6. The number of carbonyl (C=O) groups is 1. The predicted octanol–water partition coefficient (Wildman–Crippen LogP) is 4.57. The highest BCUT2D eigenvalue weighted by Gasteiger charge is 2.48. The number of hydrogen-bond donors (Lipinski definition) is 2. The van der Waals surface area contributed by atoms with E-state index in [-0.39, 0.29) is 35.8 Å². The molecule has 0 amide bonds. The van der Waals surface area contributed by atoms with Crippen LogP contribution in [0.4, 0.5) is 0 Å². The normalized spacial score (nSPS) is 20.6. The van der Waals surface area contributed by atoms with Gasteiger partial charge in [-0.3, -0.25) is 0 Å². The Balaban J connectivity index is 1.42. The van der Waals surface area contributed by atoms with Crippen molar-refractivity contribution in [3.63, 3.8) is 0 Å². The lowest BCUT2D eigenvalue weighted by molar-refractivity contribution is -0.167. The van der Waals surface area contributed by atoms with Crippen LogP contribution in [0.15, 0.2) is 35.9 Å². The van der Waals surface area contributed by atoms with Crippen LogP contribution in [-0.4, -0.2) is 48.5 Å². The topological polar surface area (TPSA) is 119 Å². The minimum Gasteiger partial charge on any atom is -0.512 e. The molecule has 196 valence electrons. The minimum absolute atomic E-state index is 0.0538. The maximum Gasteiger partial charge on any atom is 0.338 e. The summed E-state index contributed by atoms with van der Waals surface area (Å²) in [5.41, 5.74) is 2.16. The number of nitrogens with zero attached hydrogens (tertiary/aromatic N) is 4. The Kier molecular flexibility index (Phi) is 6.79. The molecular weight excluding hydrogens is 472 g/mol. The summed E-state index contributed by atoms with van der Waals surface area (Å²) in [5, 5.41) is 25.9. The Morgan fingerprint density at radius 3 is 2.70 bits per heavy atom. The first-order valence-electron chi connectivity index (χ1n) is 13.0. The van der Waals surface area contributed by atoms with Gasteiger partial charge in [0, 0.05) is 31.3 Å². The molecule has 1 saturated carbocycles. The van der Waals surface area contributed by atoms with Crippen molar-refractivity contribution in [1.29, 1.82) is 0 Å². The lowest BCUT2D eigenvalue weighted by atomic mass is 9.76. The summed E-state index contributed by atoms with van der Waals surface area (Å²) < 4.78 is 13.4. The van der Waals surface area contributed by atoms with Crippen molar-refractivity contribution in [3.8, 4) is 11.5 Å². The number of aryl methyl sites for hydroxylation is 3. The molecule has 3 heterocycles. The summed E-state index contributed by atoms with van der Waals surface area (Å²) in [6.45, 7) is 3.91. The zero-order chi connectivity index (χ0) is 26.2. The van der Waals surface area contributed by atoms with Gasteiger partial charge in [0.25, 0.3) is 5.78 Å². The van der Waals surface area contributed by atoms with Crippen LogP contribution < -0.4 is 4.74 Å². The molecule has 0 radical (unpaired) electrons. The van der Waals surface area contributed by atoms with E-state index in [0.29, 0.717) is 36.6 Å². The molecule has 5 rings (SSSR count). The molecule has 2 N–H and O–H groups in total. The van der Waals surface area contributed by atoms with Gasteiger partial charge < -0.3 is 19.7 Å². The van der Waals surface area contributed by atoms with Gasteiger partial charge in [0.05, 0.1) is 12.7 Å². The molecule has 1 aromatic carbocycles. The maximum atomic E-state index is 13.4. The zero-order valence-corrected chi connectivity index (χ0v) is 21.7. The van der Waals surface area contributed by atoms with E-state index < -0.39 is 11.6 Å². The second-order valence-electron chi connectivity index (χ2n) is 10.3. The van der Waals surface area contributed by atoms with Gasteiger partial charge in [-0.1, -0.05) is 19.8 Å². The van der Waals surface area contributed by atoms with Gasteiger partial charge in [0.15, 0.2) is 5.82 Å². The smallest absolute Gasteiger partial charge is 0.338 e. The van der Waals surface area contributed by atoms with Crippen LogP contribution in [0.1, 0.15) is 68.0 Å². The fourth-order valence-electron chi connectivity index (χ4n) is 5.82. The second kappa shape index (κ2) is 10.0. The standard InChI is InChI=1S/C28H34N4O5/c1-4-18-11-19(24(36-3)13-22(18)33)9-10-28(20-7-5-6-8-20)14-23(34)21(26(35)37-28)12-25-30-27-29-15-17(2)16-32(27)31-25/h11,13,15-16,20,33-34H,4-10,12,14H2,1-3H3/t28-/m0/s1. The van der Waals surface area contributed by atoms with Crippen LogP contribution in [0.3, 0.4) is 0 Å². The Hall–Kier alpha value is -3.62. The summed E-state index contributed by atoms with van der Waals surface area (Å²) in [4.78, 5) is 22.0. The number of carbonyl (C=O) groups excluding carboxylic acids is 1. The van der Waals surface area contributed by atoms with Crippen molar-refractivity contribution in [1.82, 2.24) is 19.6 Å². The van der Waals surface area contributed by atoms with E-state index in [1.54, 1.807) is 23.9 Å². The van der Waals surface area contributed by atoms with Crippen molar-refractivity contribution in [2.45, 2.75) is 77.2 Å². The number of aromatic hydroxyl groups is 1. The van der Waals surface area contributed by atoms with Gasteiger partial charge in [-0.05, 0) is 67.7 Å². The van der Waals surface area contributed by atoms with Gasteiger partial charge in [0.2, 0.25) is 0 Å². The molecule has 1 atom stereocenters. The van der Waals surface area contributed by atoms with E-state index in [2.05, 4.69) is 15.1 Å². The molecule has 0 bridgehead atoms. The third-order valence-corrected chi connectivity index (χ3v) is 7.84. The van der Waals surface area contributed by atoms with Crippen molar-refractivity contribution in [3.05, 3.63) is 58.4 Å². The van der Waals surface area contributed by atoms with E-state index in [4.69, 9.17) is 9.47 Å². The first-order chi connectivity index (χ1) is 17.8. The van der Waals surface area contributed by atoms with Gasteiger partial charge >= 0.3 is 5.97 Å². The molecule has 1 fully saturated rings. The van der Waals surface area contributed by atoms with E-state index in [1.807, 2.05) is 26.1 Å². The Bertz CT molecular complexity index is 1360. The summed E-state index contributed by atoms with van der Waals surface area (Å²) in [7, 11) is 1.59. The Morgan fingerprint density at radius 2 is 2.00 bits per heavy atom. The van der Waals surface area contributed by atoms with Crippen LogP contribution in [0.5, 0.6) is 11.5 Å². The average Bonchev–Trinajstić information content (AvgIpc) is 3.55. The summed E-state index contributed by atoms with van der Waals surface area (Å²) >= 11 is 0. The molecule has 2 aromatic heterocycles. The van der Waals surface area contributed by atoms with Crippen molar-refractivity contribution >= 4 is 11.7 Å². The first kappa shape index (κ1) is 25.0. The summed E-state index contributed by atoms with van der Waals surface area (Å²) in [6.07, 6.45) is 9.82. The number of phenolic OH excluding ortho intramolecular Hbond substituents is 1. The number of aliphatic hydroxyl groups is 1. The molecular formula is C28H34N4O5. The van der Waals surface area contributed by atoms with Gasteiger partial charge in [0.1, 0.15) is 22.9 Å². The molecule has 1 aliphatic carbocycles. The lowest BCUT2D eigenvalue weighted by Crippen LogP contribution is -2.46. The van der Waals surface area contributed by atoms with E-state index in [0.717, 1.165) is 42.4 Å². The van der Waals surface area contributed by atoms with Crippen molar-refractivity contribution < 1.29 is 24.5 Å². The number of benzene rings is 1. The van der Waals surface area contributed by atoms with Gasteiger partial charge in [-0.25, -0.2) is 14.3 Å². The molecule has 9 heteroatoms. The van der Waals surface area contributed by atoms with E-state index >= 15 is 0 Å². The van der Waals surface area contributed by atoms with Crippen LogP contribution in [0.2, 0.25) is 0 Å². The first-order valence-corrected chi connectivity index (χ1v) is 13.0. The quantitative estimate of drug-likeness (QED) is 0.427. The SMILES string of the molecule is CCc1cc(CC[C@@]2(C3CCCC3)CC(O)=C(Cc3nc4ncc(C)cn4n3)C(=O)O2)c(OC)cc1O. The van der Waals surface area contributed by atoms with Crippen LogP contribution in [0, 0.1) is 12.8 Å². The van der Waals surface area contributed by atoms with E-state index in [9.17, 15) is 15.0 Å². The summed E-state index contributed by atoms with van der Waals surface area (Å²) in [5.74, 6) is 1.40. The fraction of sp³-hybridized carbons (Fsp3) is 0.500. The number of ether oxygens (including phenoxy) is 2. The molecule has 3 aromatic rings. The van der Waals surface area contributed by atoms with Crippen LogP contribution >= 0.6 is 0 Å². The number of phenols is 1. The average molecular weight is 507 g/mol. The Morgan fingerprint density at radius 1 is 1.22 bits per heavy atom. The number of hydrogen-bond acceptors (Lipinski definition) is 8. The van der Waals surface area contributed by atoms with Gasteiger partial charge in [-0.2, -0.15) is 4.98 Å². The number of rotatable bonds is 8. The van der Waals surface area contributed by atoms with E-state index in [1.165, 1.54) is 0 Å². The third kappa shape index (κ3) is 4.86. The lowest BCUT2D eigenvalue weighted by Gasteiger charge is -2.42. The highest BCUT2D eigenvalue weighted by molar-refractivity contribution is 5.90. The highest BCUT2D eigenvalue weighted by Crippen LogP contribution is 2.46. The zero-order valence-electron chi connectivity index (χ0n) is 21.7. The monoisotopic (exact) mass is 506 g/mol. The molecule has 0 unspecified atom stereocenters. The Labute approximate surface area is 216 Å². The fourth-order valence-corrected chi connectivity index (χ4v) is 5.82. The summed E-state index contributed by atoms with van der Waals surface area (Å²) in [6, 6.07) is 3.62. The molecule has 9 nitrogen and oxygen atoms in total. The minimum atomic E-state index is -0.790. The number of methoxy groups -OCH3 is 1. The molecule has 0 spiro atoms. The molecule has 0 saturated heterocycles. The molecule has 2 aliphatic rings. The predicted molar refractivity (Wildman–Crippen MR) is 137 cm³/mol. The second-order valence-corrected chi connectivity index (χ2v) is 10.3.